The van der Waals surface area contributed by atoms with Crippen LogP contribution >= 0.6 is 0 Å². The van der Waals surface area contributed by atoms with Crippen LogP contribution in [0.5, 0.6) is 0 Å². The van der Waals surface area contributed by atoms with Crippen LogP contribution in [0.25, 0.3) is 0 Å². The lowest BCUT2D eigenvalue weighted by Gasteiger charge is -2.05. The fourth-order valence-corrected chi connectivity index (χ4v) is 1.96. The minimum atomic E-state index is 0.488. The van der Waals surface area contributed by atoms with Gasteiger partial charge in [0.25, 0.3) is 0 Å². The zero-order chi connectivity index (χ0) is 15.6. The maximum atomic E-state index is 10.6. The largest absolute Gasteiger partial charge is 0.373 e. The summed E-state index contributed by atoms with van der Waals surface area (Å²) < 4.78 is 7.59. The summed E-state index contributed by atoms with van der Waals surface area (Å²) in [6.45, 7) is 3.70. The molecule has 0 aliphatic heterocycles. The van der Waals surface area contributed by atoms with Crippen molar-refractivity contribution in [3.63, 3.8) is 0 Å². The van der Waals surface area contributed by atoms with Crippen LogP contribution in [0.15, 0.2) is 66.8 Å². The molecule has 0 spiro atoms. The van der Waals surface area contributed by atoms with Crippen molar-refractivity contribution < 1.29 is 9.53 Å². The Hall–Kier alpha value is -2.46. The van der Waals surface area contributed by atoms with Gasteiger partial charge < -0.3 is 9.30 Å². The van der Waals surface area contributed by atoms with Gasteiger partial charge in [-0.2, -0.15) is 0 Å². The lowest BCUT2D eigenvalue weighted by molar-refractivity contribution is -0.104. The van der Waals surface area contributed by atoms with E-state index >= 15 is 0 Å². The number of allylic oxidation sites excluding steroid dienone is 3. The maximum absolute atomic E-state index is 10.6. The van der Waals surface area contributed by atoms with Crippen molar-refractivity contribution in [3.8, 4) is 0 Å². The molecular weight excluding hydrogens is 276 g/mol. The molecule has 0 unspecified atom stereocenters. The van der Waals surface area contributed by atoms with Gasteiger partial charge in [-0.3, -0.25) is 4.79 Å². The van der Waals surface area contributed by atoms with E-state index in [4.69, 9.17) is 4.74 Å². The summed E-state index contributed by atoms with van der Waals surface area (Å²) in [4.78, 5) is 14.6. The van der Waals surface area contributed by atoms with Crippen molar-refractivity contribution in [2.45, 2.75) is 20.1 Å². The molecule has 0 radical (unpaired) electrons. The highest BCUT2D eigenvalue weighted by molar-refractivity contribution is 5.77. The highest BCUT2D eigenvalue weighted by Gasteiger charge is 1.96. The maximum Gasteiger partial charge on any atom is 0.149 e. The van der Waals surface area contributed by atoms with Crippen molar-refractivity contribution in [2.75, 3.05) is 6.61 Å². The van der Waals surface area contributed by atoms with Gasteiger partial charge in [-0.15, -0.1) is 0 Å². The number of nitrogens with zero attached hydrogens (tertiary/aromatic N) is 2. The molecule has 1 aromatic heterocycles. The van der Waals surface area contributed by atoms with E-state index in [1.807, 2.05) is 30.1 Å². The molecule has 0 saturated heterocycles. The topological polar surface area (TPSA) is 44.1 Å². The summed E-state index contributed by atoms with van der Waals surface area (Å²) in [5.74, 6) is 0. The van der Waals surface area contributed by atoms with Gasteiger partial charge >= 0.3 is 0 Å². The van der Waals surface area contributed by atoms with Crippen LogP contribution in [0.1, 0.15) is 18.1 Å². The first kappa shape index (κ1) is 15.9. The average Bonchev–Trinajstić information content (AvgIpc) is 3.05. The molecule has 1 aromatic carbocycles. The van der Waals surface area contributed by atoms with Gasteiger partial charge in [-0.25, -0.2) is 4.98 Å². The molecule has 0 bridgehead atoms. The molecule has 22 heavy (non-hydrogen) atoms. The van der Waals surface area contributed by atoms with E-state index < -0.39 is 0 Å². The minimum Gasteiger partial charge on any atom is -0.373 e. The van der Waals surface area contributed by atoms with E-state index in [-0.39, 0.29) is 0 Å². The molecule has 0 aliphatic rings. The second-order valence-electron chi connectivity index (χ2n) is 4.88. The van der Waals surface area contributed by atoms with Gasteiger partial charge in [0.2, 0.25) is 0 Å². The quantitative estimate of drug-likeness (QED) is 0.325. The highest BCUT2D eigenvalue weighted by Crippen LogP contribution is 2.07. The third-order valence-corrected chi connectivity index (χ3v) is 3.21. The predicted octanol–water partition coefficient (Wildman–Crippen LogP) is 3.15. The van der Waals surface area contributed by atoms with Crippen LogP contribution in [-0.4, -0.2) is 22.4 Å². The van der Waals surface area contributed by atoms with Gasteiger partial charge in [-0.05, 0) is 18.1 Å². The molecule has 4 nitrogen and oxygen atoms in total. The van der Waals surface area contributed by atoms with E-state index in [0.717, 1.165) is 18.4 Å². The zero-order valence-electron chi connectivity index (χ0n) is 12.7. The van der Waals surface area contributed by atoms with Crippen LogP contribution < -0.4 is 0 Å². The number of hydrogen-bond acceptors (Lipinski definition) is 3. The van der Waals surface area contributed by atoms with Crippen molar-refractivity contribution in [2.24, 2.45) is 0 Å². The summed E-state index contributed by atoms with van der Waals surface area (Å²) >= 11 is 0. The van der Waals surface area contributed by atoms with E-state index in [9.17, 15) is 4.79 Å². The standard InChI is InChI=1S/C18H20N2O2/c1-2-16(13-21)4-3-11-22-14-18-7-5-17(6-8-18)12-20-10-9-19-15-20/h2-10,13,15H,11-12,14H2,1H3/b4-3?,16-2+. The molecule has 0 aliphatic carbocycles. The van der Waals surface area contributed by atoms with E-state index in [1.54, 1.807) is 18.3 Å². The van der Waals surface area contributed by atoms with Gasteiger partial charge in [0.15, 0.2) is 0 Å². The average molecular weight is 296 g/mol. The Morgan fingerprint density at radius 1 is 1.27 bits per heavy atom. The van der Waals surface area contributed by atoms with Gasteiger partial charge in [0.05, 0.1) is 19.5 Å². The number of ether oxygens (including phenoxy) is 1. The third kappa shape index (κ3) is 5.14. The Morgan fingerprint density at radius 3 is 2.68 bits per heavy atom. The van der Waals surface area contributed by atoms with Crippen molar-refractivity contribution in [1.82, 2.24) is 9.55 Å². The summed E-state index contributed by atoms with van der Waals surface area (Å²) in [5.41, 5.74) is 3.02. The van der Waals surface area contributed by atoms with Gasteiger partial charge in [-0.1, -0.05) is 42.5 Å². The van der Waals surface area contributed by atoms with Crippen LogP contribution in [0, 0.1) is 0 Å². The smallest absolute Gasteiger partial charge is 0.149 e. The molecule has 2 rings (SSSR count). The van der Waals surface area contributed by atoms with Crippen LogP contribution in [0.2, 0.25) is 0 Å². The highest BCUT2D eigenvalue weighted by atomic mass is 16.5. The fraction of sp³-hybridized carbons (Fsp3) is 0.222. The number of benzene rings is 1. The first-order valence-electron chi connectivity index (χ1n) is 7.21. The number of aromatic nitrogens is 2. The first-order chi connectivity index (χ1) is 10.8. The molecule has 2 aromatic rings. The Morgan fingerprint density at radius 2 is 2.05 bits per heavy atom. The normalized spacial score (nSPS) is 12.0. The summed E-state index contributed by atoms with van der Waals surface area (Å²) in [7, 11) is 0. The second kappa shape index (κ2) is 8.74. The van der Waals surface area contributed by atoms with Crippen molar-refractivity contribution in [1.29, 1.82) is 0 Å². The van der Waals surface area contributed by atoms with Crippen LogP contribution in [0.3, 0.4) is 0 Å². The molecule has 0 atom stereocenters. The molecule has 0 N–H and O–H groups in total. The van der Waals surface area contributed by atoms with Crippen molar-refractivity contribution in [3.05, 3.63) is 77.9 Å². The van der Waals surface area contributed by atoms with E-state index in [1.165, 1.54) is 5.56 Å². The minimum absolute atomic E-state index is 0.488. The summed E-state index contributed by atoms with van der Waals surface area (Å²) in [6, 6.07) is 8.33. The number of rotatable bonds is 8. The Balaban J connectivity index is 1.76. The monoisotopic (exact) mass is 296 g/mol. The molecule has 0 saturated carbocycles. The van der Waals surface area contributed by atoms with Gasteiger partial charge in [0.1, 0.15) is 6.29 Å². The number of aldehydes is 1. The van der Waals surface area contributed by atoms with E-state index in [0.29, 0.717) is 18.8 Å². The number of imidazole rings is 1. The molecule has 4 heteroatoms. The summed E-state index contributed by atoms with van der Waals surface area (Å²) in [5, 5.41) is 0. The molecule has 0 fully saturated rings. The molecule has 114 valence electrons. The molecule has 0 amide bonds. The predicted molar refractivity (Wildman–Crippen MR) is 86.4 cm³/mol. The first-order valence-corrected chi connectivity index (χ1v) is 7.21. The summed E-state index contributed by atoms with van der Waals surface area (Å²) in [6.07, 6.45) is 11.7. The number of carbonyl (C=O) groups excluding carboxylic acids is 1. The number of hydrogen-bond donors (Lipinski definition) is 0. The lowest BCUT2D eigenvalue weighted by atomic mass is 10.1. The molecular formula is C18H20N2O2. The Bertz CT molecular complexity index is 626. The van der Waals surface area contributed by atoms with Gasteiger partial charge in [0, 0.05) is 24.5 Å². The fourth-order valence-electron chi connectivity index (χ4n) is 1.96. The second-order valence-corrected chi connectivity index (χ2v) is 4.88. The SMILES string of the molecule is C/C=C(/C=O)C=CCOCc1ccc(Cn2ccnc2)cc1. The Labute approximate surface area is 130 Å². The van der Waals surface area contributed by atoms with Crippen LogP contribution in [-0.2, 0) is 22.7 Å². The molecule has 1 heterocycles. The third-order valence-electron chi connectivity index (χ3n) is 3.21. The Kier molecular flexibility index (Phi) is 6.33. The zero-order valence-corrected chi connectivity index (χ0v) is 12.7. The van der Waals surface area contributed by atoms with Crippen molar-refractivity contribution >= 4 is 6.29 Å². The van der Waals surface area contributed by atoms with E-state index in [2.05, 4.69) is 29.2 Å². The van der Waals surface area contributed by atoms with Crippen LogP contribution in [0.4, 0.5) is 0 Å². The lowest BCUT2D eigenvalue weighted by Crippen LogP contribution is -1.97. The number of carbonyl (C=O) groups is 1.